The Balaban J connectivity index is 1.74. The molecule has 0 spiro atoms. The zero-order valence-electron chi connectivity index (χ0n) is 13.4. The molecule has 0 aliphatic heterocycles. The van der Waals surface area contributed by atoms with E-state index < -0.39 is 6.10 Å². The molecule has 0 saturated carbocycles. The summed E-state index contributed by atoms with van der Waals surface area (Å²) in [5, 5.41) is 10.9. The molecule has 5 nitrogen and oxygen atoms in total. The third kappa shape index (κ3) is 3.70. The lowest BCUT2D eigenvalue weighted by Gasteiger charge is -2.16. The molecule has 6 heteroatoms. The molecule has 24 heavy (non-hydrogen) atoms. The van der Waals surface area contributed by atoms with Gasteiger partial charge in [0.05, 0.1) is 22.6 Å². The Kier molecular flexibility index (Phi) is 5.35. The van der Waals surface area contributed by atoms with E-state index in [2.05, 4.69) is 4.98 Å². The van der Waals surface area contributed by atoms with Gasteiger partial charge in [-0.05, 0) is 24.3 Å². The van der Waals surface area contributed by atoms with Crippen molar-refractivity contribution in [3.63, 3.8) is 0 Å². The minimum Gasteiger partial charge on any atom is -0.489 e. The van der Waals surface area contributed by atoms with Gasteiger partial charge in [0.25, 0.3) is 0 Å². The van der Waals surface area contributed by atoms with Crippen molar-refractivity contribution in [3.8, 4) is 5.75 Å². The molecule has 3 rings (SSSR count). The number of aliphatic hydroxyl groups is 1. The number of rotatable bonds is 7. The molecule has 1 unspecified atom stereocenters. The zero-order valence-corrected chi connectivity index (χ0v) is 14.1. The van der Waals surface area contributed by atoms with Crippen LogP contribution in [0, 0.1) is 0 Å². The predicted octanol–water partition coefficient (Wildman–Crippen LogP) is 3.28. The van der Waals surface area contributed by atoms with Gasteiger partial charge in [-0.3, -0.25) is 0 Å². The Bertz CT molecular complexity index is 819. The highest BCUT2D eigenvalue weighted by Crippen LogP contribution is 2.23. The number of hydrogen-bond donors (Lipinski definition) is 1. The summed E-state index contributed by atoms with van der Waals surface area (Å²) < 4.78 is 12.8. The van der Waals surface area contributed by atoms with Crippen molar-refractivity contribution in [1.29, 1.82) is 0 Å². The van der Waals surface area contributed by atoms with E-state index in [1.165, 1.54) is 0 Å². The highest BCUT2D eigenvalue weighted by atomic mass is 35.5. The average molecular weight is 347 g/mol. The largest absolute Gasteiger partial charge is 0.489 e. The zero-order chi connectivity index (χ0) is 16.9. The monoisotopic (exact) mass is 346 g/mol. The van der Waals surface area contributed by atoms with E-state index in [1.807, 2.05) is 41.0 Å². The van der Waals surface area contributed by atoms with Gasteiger partial charge in [0.1, 0.15) is 30.9 Å². The molecule has 0 fully saturated rings. The smallest absolute Gasteiger partial charge is 0.138 e. The fourth-order valence-corrected chi connectivity index (χ4v) is 2.77. The lowest BCUT2D eigenvalue weighted by atomic mass is 10.3. The van der Waals surface area contributed by atoms with Crippen molar-refractivity contribution in [2.45, 2.75) is 19.3 Å². The Morgan fingerprint density at radius 2 is 1.92 bits per heavy atom. The number of fused-ring (bicyclic) bond motifs is 1. The van der Waals surface area contributed by atoms with Crippen LogP contribution in [0.2, 0.25) is 5.02 Å². The molecule has 1 aromatic heterocycles. The van der Waals surface area contributed by atoms with Gasteiger partial charge >= 0.3 is 0 Å². The highest BCUT2D eigenvalue weighted by molar-refractivity contribution is 6.32. The van der Waals surface area contributed by atoms with Crippen LogP contribution in [0.5, 0.6) is 5.75 Å². The molecule has 3 aromatic rings. The van der Waals surface area contributed by atoms with Crippen molar-refractivity contribution in [2.24, 2.45) is 0 Å². The molecular formula is C18H19ClN2O3. The summed E-state index contributed by atoms with van der Waals surface area (Å²) in [7, 11) is 1.63. The van der Waals surface area contributed by atoms with Crippen LogP contribution in [0.25, 0.3) is 11.0 Å². The van der Waals surface area contributed by atoms with E-state index in [-0.39, 0.29) is 6.61 Å². The lowest BCUT2D eigenvalue weighted by Crippen LogP contribution is -2.24. The molecule has 126 valence electrons. The minimum absolute atomic E-state index is 0.142. The number of imidazole rings is 1. The highest BCUT2D eigenvalue weighted by Gasteiger charge is 2.15. The molecule has 0 bridgehead atoms. The number of hydrogen-bond acceptors (Lipinski definition) is 4. The van der Waals surface area contributed by atoms with Gasteiger partial charge in [0, 0.05) is 7.11 Å². The molecule has 0 radical (unpaired) electrons. The third-order valence-corrected chi connectivity index (χ3v) is 3.98. The molecule has 1 atom stereocenters. The van der Waals surface area contributed by atoms with Crippen LogP contribution in [-0.4, -0.2) is 34.5 Å². The third-order valence-electron chi connectivity index (χ3n) is 3.67. The van der Waals surface area contributed by atoms with E-state index in [0.717, 1.165) is 16.9 Å². The van der Waals surface area contributed by atoms with Gasteiger partial charge in [-0.2, -0.15) is 0 Å². The van der Waals surface area contributed by atoms with Crippen LogP contribution in [0.15, 0.2) is 48.5 Å². The molecule has 0 aliphatic carbocycles. The number of ether oxygens (including phenoxy) is 2. The fraction of sp³-hybridized carbons (Fsp3) is 0.278. The maximum Gasteiger partial charge on any atom is 0.138 e. The van der Waals surface area contributed by atoms with Gasteiger partial charge in [-0.25, -0.2) is 4.98 Å². The second-order valence-electron chi connectivity index (χ2n) is 5.46. The van der Waals surface area contributed by atoms with E-state index in [9.17, 15) is 5.11 Å². The number of nitrogens with zero attached hydrogens (tertiary/aromatic N) is 2. The Hall–Kier alpha value is -2.08. The minimum atomic E-state index is -0.700. The second kappa shape index (κ2) is 7.66. The van der Waals surface area contributed by atoms with Gasteiger partial charge < -0.3 is 19.1 Å². The first-order chi connectivity index (χ1) is 11.7. The topological polar surface area (TPSA) is 56.5 Å². The number of methoxy groups -OCH3 is 1. The number of halogens is 1. The fourth-order valence-electron chi connectivity index (χ4n) is 2.58. The SMILES string of the molecule is COCc1nc2ccccc2n1CC(O)COc1ccccc1Cl. The Morgan fingerprint density at radius 1 is 1.17 bits per heavy atom. The second-order valence-corrected chi connectivity index (χ2v) is 5.86. The van der Waals surface area contributed by atoms with Crippen LogP contribution in [0.1, 0.15) is 5.82 Å². The first kappa shape index (κ1) is 16.8. The summed E-state index contributed by atoms with van der Waals surface area (Å²) in [4.78, 5) is 4.55. The molecule has 1 N–H and O–H groups in total. The summed E-state index contributed by atoms with van der Waals surface area (Å²) >= 11 is 6.06. The maximum absolute atomic E-state index is 10.4. The number of aliphatic hydroxyl groups excluding tert-OH is 1. The normalized spacial score (nSPS) is 12.5. The van der Waals surface area contributed by atoms with Gasteiger partial charge in [-0.15, -0.1) is 0 Å². The van der Waals surface area contributed by atoms with Crippen molar-refractivity contribution >= 4 is 22.6 Å². The van der Waals surface area contributed by atoms with Gasteiger partial charge in [-0.1, -0.05) is 35.9 Å². The Morgan fingerprint density at radius 3 is 2.71 bits per heavy atom. The first-order valence-corrected chi connectivity index (χ1v) is 8.05. The number of aromatic nitrogens is 2. The lowest BCUT2D eigenvalue weighted by molar-refractivity contribution is 0.0902. The summed E-state index contributed by atoms with van der Waals surface area (Å²) in [6, 6.07) is 15.0. The van der Waals surface area contributed by atoms with E-state index in [1.54, 1.807) is 19.2 Å². The molecular weight excluding hydrogens is 328 g/mol. The first-order valence-electron chi connectivity index (χ1n) is 7.67. The van der Waals surface area contributed by atoms with Crippen LogP contribution >= 0.6 is 11.6 Å². The van der Waals surface area contributed by atoms with Crippen molar-refractivity contribution in [2.75, 3.05) is 13.7 Å². The maximum atomic E-state index is 10.4. The molecule has 1 heterocycles. The summed E-state index contributed by atoms with van der Waals surface area (Å²) in [5.74, 6) is 1.33. The van der Waals surface area contributed by atoms with Gasteiger partial charge in [0.15, 0.2) is 0 Å². The number of para-hydroxylation sites is 3. The van der Waals surface area contributed by atoms with E-state index in [4.69, 9.17) is 21.1 Å². The standard InChI is InChI=1S/C18H19ClN2O3/c1-23-12-18-20-15-7-3-4-8-16(15)21(18)10-13(22)11-24-17-9-5-2-6-14(17)19/h2-9,13,22H,10-12H2,1H3. The summed E-state index contributed by atoms with van der Waals surface area (Å²) in [6.07, 6.45) is -0.700. The van der Waals surface area contributed by atoms with Crippen LogP contribution < -0.4 is 4.74 Å². The summed E-state index contributed by atoms with van der Waals surface area (Å²) in [6.45, 7) is 0.888. The van der Waals surface area contributed by atoms with Crippen LogP contribution in [0.3, 0.4) is 0 Å². The number of benzene rings is 2. The molecule has 0 amide bonds. The Labute approximate surface area is 145 Å². The average Bonchev–Trinajstić information content (AvgIpc) is 2.92. The van der Waals surface area contributed by atoms with Gasteiger partial charge in [0.2, 0.25) is 0 Å². The quantitative estimate of drug-likeness (QED) is 0.713. The van der Waals surface area contributed by atoms with E-state index >= 15 is 0 Å². The van der Waals surface area contributed by atoms with Crippen molar-refractivity contribution in [1.82, 2.24) is 9.55 Å². The van der Waals surface area contributed by atoms with Crippen molar-refractivity contribution in [3.05, 3.63) is 59.4 Å². The summed E-state index contributed by atoms with van der Waals surface area (Å²) in [5.41, 5.74) is 1.84. The molecule has 0 saturated heterocycles. The van der Waals surface area contributed by atoms with Crippen molar-refractivity contribution < 1.29 is 14.6 Å². The molecule has 0 aliphatic rings. The predicted molar refractivity (Wildman–Crippen MR) is 93.4 cm³/mol. The molecule has 2 aromatic carbocycles. The van der Waals surface area contributed by atoms with E-state index in [0.29, 0.717) is 23.9 Å². The van der Waals surface area contributed by atoms with Crippen LogP contribution in [0.4, 0.5) is 0 Å². The van der Waals surface area contributed by atoms with Crippen LogP contribution in [-0.2, 0) is 17.9 Å².